The fourth-order valence-electron chi connectivity index (χ4n) is 1.73. The summed E-state index contributed by atoms with van der Waals surface area (Å²) in [5.74, 6) is 0. The zero-order chi connectivity index (χ0) is 13.4. The number of benzene rings is 1. The minimum Gasteiger partial charge on any atom is -0.375 e. The zero-order valence-corrected chi connectivity index (χ0v) is 11.4. The first kappa shape index (κ1) is 14.7. The molecule has 0 aliphatic carbocycles. The van der Waals surface area contributed by atoms with Crippen LogP contribution in [0.15, 0.2) is 30.3 Å². The maximum absolute atomic E-state index is 9.58. The quantitative estimate of drug-likeness (QED) is 0.804. The van der Waals surface area contributed by atoms with Crippen molar-refractivity contribution in [1.82, 2.24) is 5.32 Å². The van der Waals surface area contributed by atoms with Crippen LogP contribution in [0, 0.1) is 11.3 Å². The molecule has 1 aromatic carbocycles. The summed E-state index contributed by atoms with van der Waals surface area (Å²) < 4.78 is 5.66. The van der Waals surface area contributed by atoms with Crippen LogP contribution in [0.4, 0.5) is 0 Å². The lowest BCUT2D eigenvalue weighted by molar-refractivity contribution is 0.0431. The Hall–Kier alpha value is -1.37. The molecule has 0 heterocycles. The lowest BCUT2D eigenvalue weighted by atomic mass is 9.92. The van der Waals surface area contributed by atoms with Crippen LogP contribution in [-0.4, -0.2) is 19.3 Å². The van der Waals surface area contributed by atoms with Gasteiger partial charge in [-0.25, -0.2) is 0 Å². The topological polar surface area (TPSA) is 45.0 Å². The summed E-state index contributed by atoms with van der Waals surface area (Å²) in [6, 6.07) is 12.2. The van der Waals surface area contributed by atoms with Gasteiger partial charge in [0.15, 0.2) is 5.54 Å². The summed E-state index contributed by atoms with van der Waals surface area (Å²) in [6.07, 6.45) is 1.10. The minimum absolute atomic E-state index is 0.116. The maximum Gasteiger partial charge on any atom is 0.155 e. The smallest absolute Gasteiger partial charge is 0.155 e. The average molecular weight is 246 g/mol. The zero-order valence-electron chi connectivity index (χ0n) is 11.4. The standard InChI is InChI=1S/C15H22N2O/c1-4-10-17-15(11-16,12-18-13(2)3)14-8-6-5-7-9-14/h5-9,13,17H,4,10,12H2,1-3H3. The first-order valence-corrected chi connectivity index (χ1v) is 6.48. The van der Waals surface area contributed by atoms with Gasteiger partial charge in [0.1, 0.15) is 0 Å². The number of hydrogen-bond acceptors (Lipinski definition) is 3. The Bertz CT molecular complexity index is 383. The number of nitrogens with zero attached hydrogens (tertiary/aromatic N) is 1. The third-order valence-electron chi connectivity index (χ3n) is 2.77. The number of ether oxygens (including phenoxy) is 1. The molecule has 3 nitrogen and oxygen atoms in total. The molecule has 1 N–H and O–H groups in total. The van der Waals surface area contributed by atoms with E-state index in [0.29, 0.717) is 6.61 Å². The van der Waals surface area contributed by atoms with Gasteiger partial charge < -0.3 is 4.74 Å². The summed E-state index contributed by atoms with van der Waals surface area (Å²) in [4.78, 5) is 0. The summed E-state index contributed by atoms with van der Waals surface area (Å²) in [6.45, 7) is 7.21. The first-order chi connectivity index (χ1) is 8.64. The van der Waals surface area contributed by atoms with E-state index in [0.717, 1.165) is 18.5 Å². The molecule has 1 unspecified atom stereocenters. The van der Waals surface area contributed by atoms with Gasteiger partial charge in [0.25, 0.3) is 0 Å². The van der Waals surface area contributed by atoms with Crippen molar-refractivity contribution in [1.29, 1.82) is 5.26 Å². The van der Waals surface area contributed by atoms with E-state index in [-0.39, 0.29) is 6.10 Å². The highest BCUT2D eigenvalue weighted by Gasteiger charge is 2.32. The largest absolute Gasteiger partial charge is 0.375 e. The molecule has 0 aliphatic rings. The van der Waals surface area contributed by atoms with E-state index in [1.165, 1.54) is 0 Å². The molecule has 0 fully saturated rings. The number of rotatable bonds is 7. The highest BCUT2D eigenvalue weighted by molar-refractivity contribution is 5.31. The molecule has 1 aromatic rings. The third kappa shape index (κ3) is 3.83. The molecule has 1 atom stereocenters. The molecule has 1 rings (SSSR count). The lowest BCUT2D eigenvalue weighted by Crippen LogP contribution is -2.46. The number of nitriles is 1. The molecule has 0 aromatic heterocycles. The summed E-state index contributed by atoms with van der Waals surface area (Å²) in [5.41, 5.74) is 0.211. The monoisotopic (exact) mass is 246 g/mol. The van der Waals surface area contributed by atoms with Crippen molar-refractivity contribution in [3.05, 3.63) is 35.9 Å². The highest BCUT2D eigenvalue weighted by atomic mass is 16.5. The molecule has 0 spiro atoms. The fourth-order valence-corrected chi connectivity index (χ4v) is 1.73. The van der Waals surface area contributed by atoms with E-state index in [1.54, 1.807) is 0 Å². The van der Waals surface area contributed by atoms with E-state index in [2.05, 4.69) is 18.3 Å². The Morgan fingerprint density at radius 1 is 1.33 bits per heavy atom. The van der Waals surface area contributed by atoms with Crippen LogP contribution >= 0.6 is 0 Å². The maximum atomic E-state index is 9.58. The van der Waals surface area contributed by atoms with Crippen molar-refractivity contribution in [2.75, 3.05) is 13.2 Å². The predicted octanol–water partition coefficient (Wildman–Crippen LogP) is 2.83. The van der Waals surface area contributed by atoms with Gasteiger partial charge in [0.05, 0.1) is 18.8 Å². The van der Waals surface area contributed by atoms with Gasteiger partial charge in [0, 0.05) is 0 Å². The molecule has 0 saturated carbocycles. The van der Waals surface area contributed by atoms with Crippen LogP contribution in [-0.2, 0) is 10.3 Å². The van der Waals surface area contributed by atoms with Crippen molar-refractivity contribution < 1.29 is 4.74 Å². The molecule has 18 heavy (non-hydrogen) atoms. The molecule has 98 valence electrons. The van der Waals surface area contributed by atoms with Gasteiger partial charge in [-0.2, -0.15) is 5.26 Å². The number of hydrogen-bond donors (Lipinski definition) is 1. The average Bonchev–Trinajstić information content (AvgIpc) is 2.40. The molecular weight excluding hydrogens is 224 g/mol. The molecule has 0 aliphatic heterocycles. The van der Waals surface area contributed by atoms with Gasteiger partial charge in [-0.3, -0.25) is 5.32 Å². The van der Waals surface area contributed by atoms with E-state index >= 15 is 0 Å². The second kappa shape index (κ2) is 7.15. The first-order valence-electron chi connectivity index (χ1n) is 6.48. The van der Waals surface area contributed by atoms with Crippen LogP contribution in [0.1, 0.15) is 32.8 Å². The van der Waals surface area contributed by atoms with E-state index in [9.17, 15) is 5.26 Å². The van der Waals surface area contributed by atoms with Crippen LogP contribution in [0.25, 0.3) is 0 Å². The van der Waals surface area contributed by atoms with Crippen LogP contribution < -0.4 is 5.32 Å². The molecule has 0 bridgehead atoms. The van der Waals surface area contributed by atoms with Gasteiger partial charge >= 0.3 is 0 Å². The highest BCUT2D eigenvalue weighted by Crippen LogP contribution is 2.21. The lowest BCUT2D eigenvalue weighted by Gasteiger charge is -2.29. The Labute approximate surface area is 110 Å². The second-order valence-corrected chi connectivity index (χ2v) is 4.67. The van der Waals surface area contributed by atoms with Gasteiger partial charge in [-0.05, 0) is 32.4 Å². The minimum atomic E-state index is -0.748. The summed E-state index contributed by atoms with van der Waals surface area (Å²) in [5, 5.41) is 12.9. The van der Waals surface area contributed by atoms with Crippen LogP contribution in [0.2, 0.25) is 0 Å². The van der Waals surface area contributed by atoms with Gasteiger partial charge in [0.2, 0.25) is 0 Å². The van der Waals surface area contributed by atoms with Crippen LogP contribution in [0.3, 0.4) is 0 Å². The normalized spacial score (nSPS) is 14.2. The van der Waals surface area contributed by atoms with E-state index in [1.807, 2.05) is 44.2 Å². The molecule has 0 saturated heterocycles. The van der Waals surface area contributed by atoms with Gasteiger partial charge in [-0.15, -0.1) is 0 Å². The van der Waals surface area contributed by atoms with Crippen molar-refractivity contribution >= 4 is 0 Å². The van der Waals surface area contributed by atoms with Crippen molar-refractivity contribution in [3.63, 3.8) is 0 Å². The van der Waals surface area contributed by atoms with Gasteiger partial charge in [-0.1, -0.05) is 37.3 Å². The van der Waals surface area contributed by atoms with Crippen LogP contribution in [0.5, 0.6) is 0 Å². The summed E-state index contributed by atoms with van der Waals surface area (Å²) in [7, 11) is 0. The Morgan fingerprint density at radius 2 is 2.00 bits per heavy atom. The number of nitrogens with one attached hydrogen (secondary N) is 1. The third-order valence-corrected chi connectivity index (χ3v) is 2.77. The fraction of sp³-hybridized carbons (Fsp3) is 0.533. The van der Waals surface area contributed by atoms with E-state index < -0.39 is 5.54 Å². The predicted molar refractivity (Wildman–Crippen MR) is 73.1 cm³/mol. The second-order valence-electron chi connectivity index (χ2n) is 4.67. The van der Waals surface area contributed by atoms with E-state index in [4.69, 9.17) is 4.74 Å². The van der Waals surface area contributed by atoms with Crippen molar-refractivity contribution in [2.24, 2.45) is 0 Å². The Balaban J connectivity index is 2.95. The van der Waals surface area contributed by atoms with Crippen molar-refractivity contribution in [3.8, 4) is 6.07 Å². The molecule has 3 heteroatoms. The summed E-state index contributed by atoms with van der Waals surface area (Å²) >= 11 is 0. The Kier molecular flexibility index (Phi) is 5.84. The SMILES string of the molecule is CCCNC(C#N)(COC(C)C)c1ccccc1. The molecule has 0 amide bonds. The Morgan fingerprint density at radius 3 is 2.50 bits per heavy atom. The molecular formula is C15H22N2O. The van der Waals surface area contributed by atoms with Crippen molar-refractivity contribution in [2.45, 2.75) is 38.8 Å². The molecule has 0 radical (unpaired) electrons.